The molecule has 8 nitrogen and oxygen atoms in total. The third-order valence-electron chi connectivity index (χ3n) is 3.65. The first-order valence-corrected chi connectivity index (χ1v) is 8.35. The van der Waals surface area contributed by atoms with Gasteiger partial charge in [-0.2, -0.15) is 0 Å². The summed E-state index contributed by atoms with van der Waals surface area (Å²) in [5.74, 6) is 0.0243. The molecule has 130 valence electrons. The second-order valence-corrected chi connectivity index (χ2v) is 6.34. The van der Waals surface area contributed by atoms with Crippen LogP contribution in [0.2, 0.25) is 0 Å². The number of carbonyl (C=O) groups is 1. The highest BCUT2D eigenvalue weighted by atomic mass is 32.2. The summed E-state index contributed by atoms with van der Waals surface area (Å²) in [6.45, 7) is -0.0701. The molecule has 0 spiro atoms. The number of nitro benzene ring substituents is 1. The molecule has 0 radical (unpaired) electrons. The van der Waals surface area contributed by atoms with Gasteiger partial charge >= 0.3 is 5.69 Å². The molecule has 0 aromatic heterocycles. The summed E-state index contributed by atoms with van der Waals surface area (Å²) in [7, 11) is 0. The molecule has 2 aromatic carbocycles. The SMILES string of the molecule is O=C1NC(=Nc2ccccc2)SC1=Cc1ccc2c(c1[N+](=O)[O-])OCO2. The van der Waals surface area contributed by atoms with Crippen LogP contribution in [-0.4, -0.2) is 22.8 Å². The Bertz CT molecular complexity index is 972. The Kier molecular flexibility index (Phi) is 4.05. The summed E-state index contributed by atoms with van der Waals surface area (Å²) in [6, 6.07) is 12.3. The molecule has 0 atom stereocenters. The quantitative estimate of drug-likeness (QED) is 0.506. The topological polar surface area (TPSA) is 103 Å². The summed E-state index contributed by atoms with van der Waals surface area (Å²) in [5, 5.41) is 14.5. The number of aliphatic imine (C=N–C) groups is 1. The van der Waals surface area contributed by atoms with Gasteiger partial charge in [-0.15, -0.1) is 0 Å². The van der Waals surface area contributed by atoms with Crippen LogP contribution in [0.4, 0.5) is 11.4 Å². The van der Waals surface area contributed by atoms with Crippen LogP contribution in [-0.2, 0) is 4.79 Å². The second-order valence-electron chi connectivity index (χ2n) is 5.31. The zero-order chi connectivity index (χ0) is 18.1. The molecule has 0 aliphatic carbocycles. The van der Waals surface area contributed by atoms with E-state index in [1.54, 1.807) is 6.07 Å². The van der Waals surface area contributed by atoms with E-state index in [1.807, 2.05) is 30.3 Å². The number of nitrogens with one attached hydrogen (secondary N) is 1. The van der Waals surface area contributed by atoms with Gasteiger partial charge < -0.3 is 14.8 Å². The van der Waals surface area contributed by atoms with E-state index in [-0.39, 0.29) is 29.7 Å². The molecule has 2 heterocycles. The number of carbonyl (C=O) groups excluding carboxylic acids is 1. The molecular formula is C17H11N3O5S. The Balaban J connectivity index is 1.68. The van der Waals surface area contributed by atoms with Gasteiger partial charge in [0, 0.05) is 0 Å². The van der Waals surface area contributed by atoms with Crippen LogP contribution in [0.1, 0.15) is 5.56 Å². The number of fused-ring (bicyclic) bond motifs is 1. The highest BCUT2D eigenvalue weighted by Crippen LogP contribution is 2.44. The fourth-order valence-electron chi connectivity index (χ4n) is 2.52. The molecule has 2 aliphatic rings. The van der Waals surface area contributed by atoms with Gasteiger partial charge in [0.1, 0.15) is 0 Å². The van der Waals surface area contributed by atoms with E-state index in [0.29, 0.717) is 21.5 Å². The number of amidine groups is 1. The molecule has 1 amide bonds. The third kappa shape index (κ3) is 3.00. The summed E-state index contributed by atoms with van der Waals surface area (Å²) in [5.41, 5.74) is 0.734. The molecule has 0 saturated carbocycles. The first-order valence-electron chi connectivity index (χ1n) is 7.53. The highest BCUT2D eigenvalue weighted by Gasteiger charge is 2.31. The number of rotatable bonds is 3. The van der Waals surface area contributed by atoms with Crippen molar-refractivity contribution in [2.75, 3.05) is 6.79 Å². The van der Waals surface area contributed by atoms with Gasteiger partial charge in [0.2, 0.25) is 12.5 Å². The Morgan fingerprint density at radius 1 is 1.19 bits per heavy atom. The average Bonchev–Trinajstić information content (AvgIpc) is 3.22. The van der Waals surface area contributed by atoms with Crippen molar-refractivity contribution in [3.8, 4) is 11.5 Å². The molecule has 4 rings (SSSR count). The normalized spacial score (nSPS) is 18.4. The van der Waals surface area contributed by atoms with Crippen LogP contribution in [0.5, 0.6) is 11.5 Å². The number of amides is 1. The van der Waals surface area contributed by atoms with Crippen molar-refractivity contribution in [3.63, 3.8) is 0 Å². The van der Waals surface area contributed by atoms with Crippen molar-refractivity contribution in [1.82, 2.24) is 5.32 Å². The molecule has 2 aromatic rings. The fraction of sp³-hybridized carbons (Fsp3) is 0.0588. The fourth-order valence-corrected chi connectivity index (χ4v) is 3.35. The smallest absolute Gasteiger partial charge is 0.322 e. The molecule has 26 heavy (non-hydrogen) atoms. The van der Waals surface area contributed by atoms with Crippen molar-refractivity contribution >= 4 is 40.3 Å². The molecule has 2 aliphatic heterocycles. The van der Waals surface area contributed by atoms with E-state index < -0.39 is 4.92 Å². The van der Waals surface area contributed by atoms with Crippen LogP contribution in [0, 0.1) is 10.1 Å². The predicted molar refractivity (Wildman–Crippen MR) is 96.5 cm³/mol. The molecular weight excluding hydrogens is 358 g/mol. The van der Waals surface area contributed by atoms with E-state index in [9.17, 15) is 14.9 Å². The first-order chi connectivity index (χ1) is 12.6. The van der Waals surface area contributed by atoms with Gasteiger partial charge in [0.15, 0.2) is 10.9 Å². The number of benzene rings is 2. The zero-order valence-electron chi connectivity index (χ0n) is 13.2. The number of ether oxygens (including phenoxy) is 2. The Morgan fingerprint density at radius 2 is 2.00 bits per heavy atom. The molecule has 1 saturated heterocycles. The predicted octanol–water partition coefficient (Wildman–Crippen LogP) is 3.22. The lowest BCUT2D eigenvalue weighted by Crippen LogP contribution is -2.19. The van der Waals surface area contributed by atoms with Crippen LogP contribution in [0.25, 0.3) is 6.08 Å². The maximum absolute atomic E-state index is 12.2. The number of para-hydroxylation sites is 1. The van der Waals surface area contributed by atoms with Gasteiger partial charge in [0.25, 0.3) is 5.91 Å². The molecule has 0 unspecified atom stereocenters. The molecule has 1 fully saturated rings. The van der Waals surface area contributed by atoms with Crippen molar-refractivity contribution in [2.24, 2.45) is 4.99 Å². The maximum atomic E-state index is 12.2. The summed E-state index contributed by atoms with van der Waals surface area (Å²) in [4.78, 5) is 27.7. The van der Waals surface area contributed by atoms with Gasteiger partial charge in [-0.3, -0.25) is 14.9 Å². The minimum Gasteiger partial charge on any atom is -0.453 e. The van der Waals surface area contributed by atoms with E-state index in [0.717, 1.165) is 11.8 Å². The monoisotopic (exact) mass is 369 g/mol. The standard InChI is InChI=1S/C17H11N3O5S/c21-16-13(26-17(19-16)18-11-4-2-1-3-5-11)8-10-6-7-12-15(25-9-24-12)14(10)20(22)23/h1-8H,9H2,(H,18,19,21). The van der Waals surface area contributed by atoms with Crippen molar-refractivity contribution in [1.29, 1.82) is 0 Å². The van der Waals surface area contributed by atoms with Crippen LogP contribution < -0.4 is 14.8 Å². The Hall–Kier alpha value is -3.33. The lowest BCUT2D eigenvalue weighted by Gasteiger charge is -2.02. The van der Waals surface area contributed by atoms with E-state index in [4.69, 9.17) is 9.47 Å². The minimum absolute atomic E-state index is 0.0701. The van der Waals surface area contributed by atoms with Crippen molar-refractivity contribution in [2.45, 2.75) is 0 Å². The van der Waals surface area contributed by atoms with Crippen molar-refractivity contribution < 1.29 is 19.2 Å². The molecule has 9 heteroatoms. The van der Waals surface area contributed by atoms with E-state index in [1.165, 1.54) is 12.1 Å². The van der Waals surface area contributed by atoms with Gasteiger partial charge in [-0.05, 0) is 42.1 Å². The third-order valence-corrected chi connectivity index (χ3v) is 4.56. The number of nitro groups is 1. The summed E-state index contributed by atoms with van der Waals surface area (Å²) in [6.07, 6.45) is 1.45. The van der Waals surface area contributed by atoms with E-state index >= 15 is 0 Å². The number of thioether (sulfide) groups is 1. The summed E-state index contributed by atoms with van der Waals surface area (Å²) >= 11 is 1.12. The second kappa shape index (κ2) is 6.52. The summed E-state index contributed by atoms with van der Waals surface area (Å²) < 4.78 is 10.4. The number of nitrogens with zero attached hydrogens (tertiary/aromatic N) is 2. The highest BCUT2D eigenvalue weighted by molar-refractivity contribution is 8.18. The first kappa shape index (κ1) is 16.2. The van der Waals surface area contributed by atoms with Gasteiger partial charge in [0.05, 0.1) is 21.1 Å². The molecule has 0 bridgehead atoms. The lowest BCUT2D eigenvalue weighted by atomic mass is 10.1. The van der Waals surface area contributed by atoms with Crippen LogP contribution in [0.3, 0.4) is 0 Å². The largest absolute Gasteiger partial charge is 0.453 e. The average molecular weight is 369 g/mol. The lowest BCUT2D eigenvalue weighted by molar-refractivity contribution is -0.385. The Morgan fingerprint density at radius 3 is 2.77 bits per heavy atom. The zero-order valence-corrected chi connectivity index (χ0v) is 14.0. The van der Waals surface area contributed by atoms with Gasteiger partial charge in [-0.25, -0.2) is 4.99 Å². The van der Waals surface area contributed by atoms with Crippen LogP contribution >= 0.6 is 11.8 Å². The minimum atomic E-state index is -0.545. The van der Waals surface area contributed by atoms with Crippen molar-refractivity contribution in [3.05, 3.63) is 63.0 Å². The van der Waals surface area contributed by atoms with Crippen LogP contribution in [0.15, 0.2) is 52.4 Å². The number of hydrogen-bond donors (Lipinski definition) is 1. The Labute approximate surface area is 151 Å². The maximum Gasteiger partial charge on any atom is 0.322 e. The van der Waals surface area contributed by atoms with E-state index in [2.05, 4.69) is 10.3 Å². The number of hydrogen-bond acceptors (Lipinski definition) is 7. The molecule has 1 N–H and O–H groups in total. The van der Waals surface area contributed by atoms with Gasteiger partial charge in [-0.1, -0.05) is 18.2 Å².